The molecule has 0 aromatic heterocycles. The lowest BCUT2D eigenvalue weighted by Crippen LogP contribution is -2.41. The molecule has 0 saturated heterocycles. The first-order chi connectivity index (χ1) is 18.5. The number of benzene rings is 2. The average molecular weight is 553 g/mol. The summed E-state index contributed by atoms with van der Waals surface area (Å²) in [5, 5.41) is 22.3. The Kier molecular flexibility index (Phi) is 18.6. The number of nitrogens with one attached hydrogen (secondary N) is 1. The number of aryl methyl sites for hydroxylation is 2. The number of halogens is 2. The van der Waals surface area contributed by atoms with Crippen LogP contribution in [0.2, 0.25) is 0 Å². The minimum absolute atomic E-state index is 0.00131. The third kappa shape index (κ3) is 14.2. The van der Waals surface area contributed by atoms with Crippen LogP contribution in [0.5, 0.6) is 0 Å². The summed E-state index contributed by atoms with van der Waals surface area (Å²) < 4.78 is 29.4. The maximum Gasteiger partial charge on any atom is 0.253 e. The zero-order chi connectivity index (χ0) is 30.0. The van der Waals surface area contributed by atoms with Gasteiger partial charge in [0, 0.05) is 43.4 Å². The molecule has 39 heavy (non-hydrogen) atoms. The Morgan fingerprint density at radius 3 is 1.85 bits per heavy atom. The first-order valence-corrected chi connectivity index (χ1v) is 13.6. The normalized spacial score (nSPS) is 11.8. The van der Waals surface area contributed by atoms with Crippen molar-refractivity contribution in [2.24, 2.45) is 0 Å². The Labute approximate surface area is 232 Å². The Hall–Kier alpha value is -2.88. The molecule has 2 unspecified atom stereocenters. The number of hydrogen-bond acceptors (Lipinski definition) is 5. The predicted octanol–water partition coefficient (Wildman–Crippen LogP) is 5.04. The fourth-order valence-corrected chi connectivity index (χ4v) is 3.55. The van der Waals surface area contributed by atoms with Gasteiger partial charge in [-0.15, -0.1) is 0 Å². The number of nitrogens with zero attached hydrogens (tertiary/aromatic N) is 1. The van der Waals surface area contributed by atoms with Crippen molar-refractivity contribution in [1.82, 2.24) is 10.2 Å². The summed E-state index contributed by atoms with van der Waals surface area (Å²) in [6.45, 7) is 15.0. The lowest BCUT2D eigenvalue weighted by Gasteiger charge is -2.22. The topological polar surface area (TPSA) is 99.1 Å². The van der Waals surface area contributed by atoms with Crippen LogP contribution in [0.4, 0.5) is 8.78 Å². The zero-order valence-corrected chi connectivity index (χ0v) is 24.4. The van der Waals surface area contributed by atoms with Gasteiger partial charge in [-0.25, -0.2) is 8.78 Å². The second-order valence-electron chi connectivity index (χ2n) is 8.83. The number of ether oxygens (including phenoxy) is 1. The van der Waals surface area contributed by atoms with E-state index in [0.29, 0.717) is 36.4 Å². The molecule has 0 aliphatic carbocycles. The van der Waals surface area contributed by atoms with Crippen molar-refractivity contribution in [3.8, 4) is 0 Å². The van der Waals surface area contributed by atoms with E-state index in [0.717, 1.165) is 24.5 Å². The fraction of sp³-hybridized carbons (Fsp3) is 0.533. The Morgan fingerprint density at radius 2 is 1.36 bits per heavy atom. The molecule has 3 N–H and O–H groups in total. The van der Waals surface area contributed by atoms with Crippen molar-refractivity contribution in [2.45, 2.75) is 73.5 Å². The van der Waals surface area contributed by atoms with E-state index in [1.807, 2.05) is 34.6 Å². The van der Waals surface area contributed by atoms with Gasteiger partial charge in [0.2, 0.25) is 0 Å². The van der Waals surface area contributed by atoms with Gasteiger partial charge in [0.1, 0.15) is 17.7 Å². The summed E-state index contributed by atoms with van der Waals surface area (Å²) in [7, 11) is 0. The minimum atomic E-state index is -1.13. The molecule has 0 saturated carbocycles. The lowest BCUT2D eigenvalue weighted by molar-refractivity contribution is -0.0337. The van der Waals surface area contributed by atoms with Gasteiger partial charge in [-0.05, 0) is 75.1 Å². The van der Waals surface area contributed by atoms with Gasteiger partial charge < -0.3 is 25.2 Å². The van der Waals surface area contributed by atoms with E-state index in [9.17, 15) is 28.6 Å². The highest BCUT2D eigenvalue weighted by molar-refractivity contribution is 6.00. The SMILES string of the molecule is CC.CCCN(CCC)C(=O)c1cc(C)cc(C(=O)NCC(O)C(O)COCC)c1.Cc1cc(F)cc(F)c1. The van der Waals surface area contributed by atoms with E-state index >= 15 is 0 Å². The van der Waals surface area contributed by atoms with Crippen molar-refractivity contribution in [1.29, 1.82) is 0 Å². The Balaban J connectivity index is 0.00000109. The van der Waals surface area contributed by atoms with Crippen LogP contribution in [-0.4, -0.2) is 72.0 Å². The van der Waals surface area contributed by atoms with E-state index in [-0.39, 0.29) is 19.1 Å². The van der Waals surface area contributed by atoms with Crippen LogP contribution in [0.25, 0.3) is 0 Å². The molecule has 7 nitrogen and oxygen atoms in total. The van der Waals surface area contributed by atoms with Crippen LogP contribution in [0, 0.1) is 25.5 Å². The van der Waals surface area contributed by atoms with Gasteiger partial charge in [0.15, 0.2) is 0 Å². The molecule has 0 radical (unpaired) electrons. The fourth-order valence-electron chi connectivity index (χ4n) is 3.55. The summed E-state index contributed by atoms with van der Waals surface area (Å²) >= 11 is 0. The van der Waals surface area contributed by atoms with E-state index in [4.69, 9.17) is 4.74 Å². The molecule has 2 rings (SSSR count). The molecule has 9 heteroatoms. The minimum Gasteiger partial charge on any atom is -0.388 e. The highest BCUT2D eigenvalue weighted by Crippen LogP contribution is 2.14. The molecule has 0 aliphatic rings. The van der Waals surface area contributed by atoms with Crippen LogP contribution in [-0.2, 0) is 4.74 Å². The standard InChI is InChI=1S/C21H34N2O5.C7H6F2.C2H6/c1-5-8-23(9-6-2)21(27)17-11-15(4)10-16(12-17)20(26)22-13-18(24)19(25)14-28-7-3;1-5-2-6(8)4-7(9)3-5;1-2/h10-12,18-19,24-25H,5-9,13-14H2,1-4H3,(H,22,26);2-4H,1H3;1-2H3. The van der Waals surface area contributed by atoms with Crippen LogP contribution in [0.15, 0.2) is 36.4 Å². The average Bonchev–Trinajstić information content (AvgIpc) is 2.89. The third-order valence-corrected chi connectivity index (χ3v) is 5.28. The highest BCUT2D eigenvalue weighted by atomic mass is 19.1. The quantitative estimate of drug-likeness (QED) is 0.343. The monoisotopic (exact) mass is 552 g/mol. The van der Waals surface area contributed by atoms with E-state index in [2.05, 4.69) is 5.32 Å². The Bertz CT molecular complexity index is 947. The first kappa shape index (κ1) is 36.1. The van der Waals surface area contributed by atoms with Crippen molar-refractivity contribution in [2.75, 3.05) is 32.8 Å². The van der Waals surface area contributed by atoms with Crippen molar-refractivity contribution >= 4 is 11.8 Å². The number of amides is 2. The van der Waals surface area contributed by atoms with Crippen LogP contribution in [0.3, 0.4) is 0 Å². The molecule has 0 fully saturated rings. The number of aliphatic hydroxyl groups excluding tert-OH is 2. The molecule has 0 spiro atoms. The van der Waals surface area contributed by atoms with Gasteiger partial charge in [-0.3, -0.25) is 9.59 Å². The van der Waals surface area contributed by atoms with Gasteiger partial charge in [-0.1, -0.05) is 27.7 Å². The number of hydrogen-bond donors (Lipinski definition) is 3. The molecule has 2 amide bonds. The van der Waals surface area contributed by atoms with Gasteiger partial charge in [0.25, 0.3) is 11.8 Å². The predicted molar refractivity (Wildman–Crippen MR) is 151 cm³/mol. The van der Waals surface area contributed by atoms with Gasteiger partial charge in [-0.2, -0.15) is 0 Å². The summed E-state index contributed by atoms with van der Waals surface area (Å²) in [4.78, 5) is 27.1. The number of carbonyl (C=O) groups is 2. The van der Waals surface area contributed by atoms with E-state index < -0.39 is 29.7 Å². The van der Waals surface area contributed by atoms with Gasteiger partial charge in [0.05, 0.1) is 12.7 Å². The molecule has 220 valence electrons. The third-order valence-electron chi connectivity index (χ3n) is 5.28. The molecule has 2 aromatic carbocycles. The van der Waals surface area contributed by atoms with Gasteiger partial charge >= 0.3 is 0 Å². The molecule has 0 bridgehead atoms. The van der Waals surface area contributed by atoms with Crippen molar-refractivity contribution < 1.29 is 33.3 Å². The van der Waals surface area contributed by atoms with Crippen molar-refractivity contribution in [3.63, 3.8) is 0 Å². The molecular weight excluding hydrogens is 506 g/mol. The lowest BCUT2D eigenvalue weighted by atomic mass is 10.0. The molecule has 2 atom stereocenters. The number of rotatable bonds is 12. The number of aliphatic hydroxyl groups is 2. The maximum atomic E-state index is 12.8. The summed E-state index contributed by atoms with van der Waals surface area (Å²) in [6.07, 6.45) is -0.475. The molecule has 0 heterocycles. The van der Waals surface area contributed by atoms with E-state index in [1.165, 1.54) is 12.1 Å². The second-order valence-corrected chi connectivity index (χ2v) is 8.83. The second kappa shape index (κ2) is 20.1. The molecule has 2 aromatic rings. The largest absolute Gasteiger partial charge is 0.388 e. The summed E-state index contributed by atoms with van der Waals surface area (Å²) in [6, 6.07) is 8.46. The van der Waals surface area contributed by atoms with Crippen LogP contribution < -0.4 is 5.32 Å². The smallest absolute Gasteiger partial charge is 0.253 e. The highest BCUT2D eigenvalue weighted by Gasteiger charge is 2.20. The molecular formula is C30H46F2N2O5. The van der Waals surface area contributed by atoms with Crippen LogP contribution >= 0.6 is 0 Å². The molecule has 0 aliphatic heterocycles. The maximum absolute atomic E-state index is 12.8. The van der Waals surface area contributed by atoms with E-state index in [1.54, 1.807) is 36.9 Å². The van der Waals surface area contributed by atoms with Crippen LogP contribution in [0.1, 0.15) is 79.3 Å². The zero-order valence-electron chi connectivity index (χ0n) is 24.4. The summed E-state index contributed by atoms with van der Waals surface area (Å²) in [5.74, 6) is -1.54. The first-order valence-electron chi connectivity index (χ1n) is 13.6. The number of carbonyl (C=O) groups excluding carboxylic acids is 2. The summed E-state index contributed by atoms with van der Waals surface area (Å²) in [5.41, 5.74) is 2.24. The van der Waals surface area contributed by atoms with Crippen molar-refractivity contribution in [3.05, 3.63) is 70.3 Å². The Morgan fingerprint density at radius 1 is 0.846 bits per heavy atom.